The van der Waals surface area contributed by atoms with Gasteiger partial charge in [-0.15, -0.1) is 0 Å². The predicted octanol–water partition coefficient (Wildman–Crippen LogP) is 1.11. The summed E-state index contributed by atoms with van der Waals surface area (Å²) in [6, 6.07) is 0.138. The first-order valence-corrected chi connectivity index (χ1v) is 6.25. The molecule has 1 amide bonds. The smallest absolute Gasteiger partial charge is 0.410 e. The van der Waals surface area contributed by atoms with Crippen LogP contribution in [-0.2, 0) is 9.47 Å². The molecule has 1 aliphatic heterocycles. The van der Waals surface area contributed by atoms with Gasteiger partial charge in [-0.25, -0.2) is 4.79 Å². The van der Waals surface area contributed by atoms with Gasteiger partial charge in [-0.05, 0) is 33.6 Å². The molecule has 1 saturated carbocycles. The van der Waals surface area contributed by atoms with Crippen molar-refractivity contribution >= 4 is 6.09 Å². The molecule has 0 bridgehead atoms. The third-order valence-corrected chi connectivity index (χ3v) is 3.27. The van der Waals surface area contributed by atoms with E-state index in [0.29, 0.717) is 13.2 Å². The Kier molecular flexibility index (Phi) is 3.32. The summed E-state index contributed by atoms with van der Waals surface area (Å²) in [7, 11) is 0. The lowest BCUT2D eigenvalue weighted by Crippen LogP contribution is -2.55. The van der Waals surface area contributed by atoms with Gasteiger partial charge >= 0.3 is 6.09 Å². The first-order chi connectivity index (χ1) is 7.88. The summed E-state index contributed by atoms with van der Waals surface area (Å²) < 4.78 is 11.1. The highest BCUT2D eigenvalue weighted by Gasteiger charge is 2.44. The van der Waals surface area contributed by atoms with Crippen LogP contribution in [0, 0.1) is 0 Å². The minimum absolute atomic E-state index is 0.0173. The molecule has 1 heterocycles. The number of amides is 1. The van der Waals surface area contributed by atoms with Crippen molar-refractivity contribution in [3.05, 3.63) is 0 Å². The van der Waals surface area contributed by atoms with Crippen LogP contribution in [0.1, 0.15) is 33.6 Å². The van der Waals surface area contributed by atoms with E-state index in [-0.39, 0.29) is 24.3 Å². The summed E-state index contributed by atoms with van der Waals surface area (Å²) in [5.41, 5.74) is 5.52. The van der Waals surface area contributed by atoms with E-state index in [4.69, 9.17) is 15.2 Å². The van der Waals surface area contributed by atoms with Gasteiger partial charge < -0.3 is 20.1 Å². The van der Waals surface area contributed by atoms with E-state index < -0.39 is 5.60 Å². The zero-order chi connectivity index (χ0) is 12.6. The molecule has 0 aromatic heterocycles. The molecule has 0 aromatic rings. The predicted molar refractivity (Wildman–Crippen MR) is 63.7 cm³/mol. The highest BCUT2D eigenvalue weighted by Crippen LogP contribution is 2.30. The van der Waals surface area contributed by atoms with Crippen LogP contribution in [0.4, 0.5) is 4.79 Å². The Balaban J connectivity index is 2.03. The zero-order valence-electron chi connectivity index (χ0n) is 10.8. The van der Waals surface area contributed by atoms with Gasteiger partial charge in [0.05, 0.1) is 18.8 Å². The number of morpholine rings is 1. The maximum Gasteiger partial charge on any atom is 0.410 e. The topological polar surface area (TPSA) is 64.8 Å². The number of ether oxygens (including phenoxy) is 2. The molecule has 2 rings (SSSR count). The number of carbonyl (C=O) groups is 1. The number of fused-ring (bicyclic) bond motifs is 1. The van der Waals surface area contributed by atoms with Crippen LogP contribution < -0.4 is 5.73 Å². The molecule has 17 heavy (non-hydrogen) atoms. The first-order valence-electron chi connectivity index (χ1n) is 6.25. The van der Waals surface area contributed by atoms with Crippen LogP contribution >= 0.6 is 0 Å². The number of nitrogens with zero attached hydrogens (tertiary/aromatic N) is 1. The molecule has 2 aliphatic rings. The molecule has 2 N–H and O–H groups in total. The Labute approximate surface area is 102 Å². The molecule has 0 unspecified atom stereocenters. The maximum atomic E-state index is 12.1. The molecule has 1 saturated heterocycles. The molecule has 0 aromatic carbocycles. The highest BCUT2D eigenvalue weighted by atomic mass is 16.6. The SMILES string of the molecule is CC(C)(C)OC(=O)N1CCO[C@H]2[C@H](N)CC[C@@H]21. The molecular formula is C12H22N2O3. The monoisotopic (exact) mass is 242 g/mol. The molecule has 0 spiro atoms. The number of rotatable bonds is 0. The fourth-order valence-corrected chi connectivity index (χ4v) is 2.55. The molecule has 5 nitrogen and oxygen atoms in total. The van der Waals surface area contributed by atoms with Gasteiger partial charge in [0.2, 0.25) is 0 Å². The van der Waals surface area contributed by atoms with Gasteiger partial charge in [-0.2, -0.15) is 0 Å². The minimum Gasteiger partial charge on any atom is -0.444 e. The Morgan fingerprint density at radius 3 is 2.76 bits per heavy atom. The summed E-state index contributed by atoms with van der Waals surface area (Å²) in [6.45, 7) is 6.78. The van der Waals surface area contributed by atoms with E-state index in [1.54, 1.807) is 4.90 Å². The molecule has 5 heteroatoms. The van der Waals surface area contributed by atoms with Crippen LogP contribution in [0.5, 0.6) is 0 Å². The van der Waals surface area contributed by atoms with E-state index >= 15 is 0 Å². The van der Waals surface area contributed by atoms with Crippen LogP contribution in [0.15, 0.2) is 0 Å². The number of hydrogen-bond acceptors (Lipinski definition) is 4. The van der Waals surface area contributed by atoms with Crippen LogP contribution in [0.25, 0.3) is 0 Å². The van der Waals surface area contributed by atoms with Gasteiger partial charge in [0.1, 0.15) is 5.60 Å². The van der Waals surface area contributed by atoms with Gasteiger partial charge in [0.25, 0.3) is 0 Å². The van der Waals surface area contributed by atoms with Crippen LogP contribution in [0.3, 0.4) is 0 Å². The molecule has 98 valence electrons. The summed E-state index contributed by atoms with van der Waals surface area (Å²) in [6.07, 6.45) is 1.56. The summed E-state index contributed by atoms with van der Waals surface area (Å²) in [4.78, 5) is 13.9. The average Bonchev–Trinajstić information content (AvgIpc) is 2.58. The van der Waals surface area contributed by atoms with Crippen LogP contribution in [-0.4, -0.2) is 47.9 Å². The third-order valence-electron chi connectivity index (χ3n) is 3.27. The lowest BCUT2D eigenvalue weighted by Gasteiger charge is -2.39. The van der Waals surface area contributed by atoms with Gasteiger partial charge in [-0.3, -0.25) is 0 Å². The van der Waals surface area contributed by atoms with Crippen molar-refractivity contribution in [2.75, 3.05) is 13.2 Å². The van der Waals surface area contributed by atoms with E-state index in [2.05, 4.69) is 0 Å². The maximum absolute atomic E-state index is 12.1. The van der Waals surface area contributed by atoms with E-state index in [1.807, 2.05) is 20.8 Å². The largest absolute Gasteiger partial charge is 0.444 e. The van der Waals surface area contributed by atoms with Crippen molar-refractivity contribution in [2.24, 2.45) is 5.73 Å². The third kappa shape index (κ3) is 2.72. The Bertz CT molecular complexity index is 301. The average molecular weight is 242 g/mol. The molecule has 0 radical (unpaired) electrons. The van der Waals surface area contributed by atoms with Crippen LogP contribution in [0.2, 0.25) is 0 Å². The second-order valence-corrected chi connectivity index (χ2v) is 5.82. The standard InChI is InChI=1S/C12H22N2O3/c1-12(2,3)17-11(15)14-6-7-16-10-8(13)4-5-9(10)14/h8-10H,4-7,13H2,1-3H3/t8-,9+,10+/m1/s1. The van der Waals surface area contributed by atoms with Crippen molar-refractivity contribution in [1.82, 2.24) is 4.90 Å². The van der Waals surface area contributed by atoms with Gasteiger partial charge in [0.15, 0.2) is 0 Å². The lowest BCUT2D eigenvalue weighted by molar-refractivity contribution is -0.0676. The highest BCUT2D eigenvalue weighted by molar-refractivity contribution is 5.69. The van der Waals surface area contributed by atoms with E-state index in [0.717, 1.165) is 12.8 Å². The van der Waals surface area contributed by atoms with Gasteiger partial charge in [-0.1, -0.05) is 0 Å². The second kappa shape index (κ2) is 4.46. The van der Waals surface area contributed by atoms with Gasteiger partial charge in [0, 0.05) is 12.6 Å². The van der Waals surface area contributed by atoms with Crippen molar-refractivity contribution < 1.29 is 14.3 Å². The normalized spacial score (nSPS) is 33.4. The van der Waals surface area contributed by atoms with Crippen molar-refractivity contribution in [2.45, 2.75) is 57.4 Å². The number of carbonyl (C=O) groups excluding carboxylic acids is 1. The second-order valence-electron chi connectivity index (χ2n) is 5.82. The lowest BCUT2D eigenvalue weighted by atomic mass is 10.1. The molecular weight excluding hydrogens is 220 g/mol. The quantitative estimate of drug-likeness (QED) is 0.691. The Morgan fingerprint density at radius 2 is 2.12 bits per heavy atom. The zero-order valence-corrected chi connectivity index (χ0v) is 10.8. The minimum atomic E-state index is -0.453. The van der Waals surface area contributed by atoms with E-state index in [1.165, 1.54) is 0 Å². The Morgan fingerprint density at radius 1 is 1.41 bits per heavy atom. The fourth-order valence-electron chi connectivity index (χ4n) is 2.55. The fraction of sp³-hybridized carbons (Fsp3) is 0.917. The summed E-state index contributed by atoms with van der Waals surface area (Å²) >= 11 is 0. The molecule has 3 atom stereocenters. The van der Waals surface area contributed by atoms with Crippen molar-refractivity contribution in [3.8, 4) is 0 Å². The van der Waals surface area contributed by atoms with Crippen molar-refractivity contribution in [1.29, 1.82) is 0 Å². The van der Waals surface area contributed by atoms with Crippen molar-refractivity contribution in [3.63, 3.8) is 0 Å². The number of nitrogens with two attached hydrogens (primary N) is 1. The Hall–Kier alpha value is -0.810. The summed E-state index contributed by atoms with van der Waals surface area (Å²) in [5, 5.41) is 0. The molecule has 2 fully saturated rings. The first kappa shape index (κ1) is 12.6. The number of hydrogen-bond donors (Lipinski definition) is 1. The summed E-state index contributed by atoms with van der Waals surface area (Å²) in [5.74, 6) is 0. The molecule has 1 aliphatic carbocycles. The van der Waals surface area contributed by atoms with E-state index in [9.17, 15) is 4.79 Å².